The number of hydrogen-bond donors (Lipinski definition) is 2. The lowest BCUT2D eigenvalue weighted by molar-refractivity contribution is 0.0942. The van der Waals surface area contributed by atoms with E-state index in [9.17, 15) is 4.79 Å². The molecule has 3 N–H and O–H groups in total. The summed E-state index contributed by atoms with van der Waals surface area (Å²) in [4.78, 5) is 12.1. The molecule has 2 aromatic heterocycles. The summed E-state index contributed by atoms with van der Waals surface area (Å²) in [6, 6.07) is 1.71. The maximum atomic E-state index is 12.1. The van der Waals surface area contributed by atoms with Crippen molar-refractivity contribution in [3.63, 3.8) is 0 Å². The molecule has 0 aliphatic rings. The lowest BCUT2D eigenvalue weighted by Crippen LogP contribution is -2.25. The molecule has 0 saturated carbocycles. The fourth-order valence-electron chi connectivity index (χ4n) is 1.82. The summed E-state index contributed by atoms with van der Waals surface area (Å²) in [5.41, 5.74) is 9.32. The number of nitrogens with one attached hydrogen (secondary N) is 1. The second kappa shape index (κ2) is 5.27. The minimum absolute atomic E-state index is 0.0841. The lowest BCUT2D eigenvalue weighted by Gasteiger charge is -2.07. The van der Waals surface area contributed by atoms with Gasteiger partial charge < -0.3 is 15.6 Å². The maximum Gasteiger partial charge on any atom is 0.268 e. The number of aryl methyl sites for hydroxylation is 2. The zero-order chi connectivity index (χ0) is 13.1. The largest absolute Gasteiger partial charge is 0.397 e. The van der Waals surface area contributed by atoms with Gasteiger partial charge in [-0.1, -0.05) is 0 Å². The van der Waals surface area contributed by atoms with E-state index in [2.05, 4.69) is 16.1 Å². The van der Waals surface area contributed by atoms with Crippen molar-refractivity contribution in [3.8, 4) is 0 Å². The van der Waals surface area contributed by atoms with Crippen molar-refractivity contribution in [2.24, 2.45) is 0 Å². The van der Waals surface area contributed by atoms with Crippen molar-refractivity contribution >= 4 is 22.9 Å². The van der Waals surface area contributed by atoms with E-state index in [0.717, 1.165) is 12.1 Å². The highest BCUT2D eigenvalue weighted by Gasteiger charge is 2.12. The fraction of sp³-hybridized carbons (Fsp3) is 0.308. The Labute approximate surface area is 110 Å². The van der Waals surface area contributed by atoms with Crippen molar-refractivity contribution in [2.45, 2.75) is 26.9 Å². The molecule has 0 spiro atoms. The quantitative estimate of drug-likeness (QED) is 0.889. The number of thiophene rings is 1. The SMILES string of the molecule is CCn1cc(N)cc1C(=O)NCc1cscc1C. The van der Waals surface area contributed by atoms with Crippen LogP contribution in [0.1, 0.15) is 28.5 Å². The smallest absolute Gasteiger partial charge is 0.268 e. The van der Waals surface area contributed by atoms with Gasteiger partial charge in [0, 0.05) is 19.3 Å². The van der Waals surface area contributed by atoms with Crippen LogP contribution in [-0.2, 0) is 13.1 Å². The van der Waals surface area contributed by atoms with Gasteiger partial charge in [0.15, 0.2) is 0 Å². The molecule has 2 rings (SSSR count). The van der Waals surface area contributed by atoms with Gasteiger partial charge in [-0.3, -0.25) is 4.79 Å². The predicted octanol–water partition coefficient (Wildman–Crippen LogP) is 2.39. The Hall–Kier alpha value is -1.75. The van der Waals surface area contributed by atoms with E-state index >= 15 is 0 Å². The lowest BCUT2D eigenvalue weighted by atomic mass is 10.2. The van der Waals surface area contributed by atoms with E-state index in [1.54, 1.807) is 23.6 Å². The molecule has 4 nitrogen and oxygen atoms in total. The molecule has 5 heteroatoms. The van der Waals surface area contributed by atoms with Gasteiger partial charge in [-0.2, -0.15) is 11.3 Å². The van der Waals surface area contributed by atoms with Crippen LogP contribution in [0.4, 0.5) is 5.69 Å². The van der Waals surface area contributed by atoms with Gasteiger partial charge in [0.2, 0.25) is 0 Å². The van der Waals surface area contributed by atoms with Crippen LogP contribution in [0.3, 0.4) is 0 Å². The molecule has 0 aliphatic carbocycles. The minimum Gasteiger partial charge on any atom is -0.397 e. The topological polar surface area (TPSA) is 60.0 Å². The maximum absolute atomic E-state index is 12.1. The first kappa shape index (κ1) is 12.7. The van der Waals surface area contributed by atoms with Gasteiger partial charge in [-0.05, 0) is 41.8 Å². The summed E-state index contributed by atoms with van der Waals surface area (Å²) in [5.74, 6) is -0.0841. The van der Waals surface area contributed by atoms with Crippen LogP contribution in [-0.4, -0.2) is 10.5 Å². The predicted molar refractivity (Wildman–Crippen MR) is 74.7 cm³/mol. The first-order valence-corrected chi connectivity index (χ1v) is 6.81. The van der Waals surface area contributed by atoms with Crippen LogP contribution < -0.4 is 11.1 Å². The molecule has 2 aromatic rings. The number of nitrogens with two attached hydrogens (primary N) is 1. The van der Waals surface area contributed by atoms with Crippen LogP contribution >= 0.6 is 11.3 Å². The van der Waals surface area contributed by atoms with Gasteiger partial charge in [-0.15, -0.1) is 0 Å². The number of nitrogens with zero attached hydrogens (tertiary/aromatic N) is 1. The molecular formula is C13H17N3OS. The van der Waals surface area contributed by atoms with Crippen LogP contribution in [0.2, 0.25) is 0 Å². The van der Waals surface area contributed by atoms with Crippen molar-refractivity contribution in [3.05, 3.63) is 39.8 Å². The molecule has 18 heavy (non-hydrogen) atoms. The Bertz CT molecular complexity index is 556. The van der Waals surface area contributed by atoms with Gasteiger partial charge in [0.05, 0.1) is 5.69 Å². The van der Waals surface area contributed by atoms with Crippen LogP contribution in [0.5, 0.6) is 0 Å². The highest BCUT2D eigenvalue weighted by Crippen LogP contribution is 2.14. The summed E-state index contributed by atoms with van der Waals surface area (Å²) in [5, 5.41) is 7.06. The van der Waals surface area contributed by atoms with Gasteiger partial charge in [0.1, 0.15) is 5.69 Å². The Morgan fingerprint density at radius 1 is 1.50 bits per heavy atom. The monoisotopic (exact) mass is 263 g/mol. The third-order valence-corrected chi connectivity index (χ3v) is 3.80. The van der Waals surface area contributed by atoms with E-state index in [4.69, 9.17) is 5.73 Å². The molecule has 0 bridgehead atoms. The summed E-state index contributed by atoms with van der Waals surface area (Å²) in [6.45, 7) is 5.32. The van der Waals surface area contributed by atoms with Gasteiger partial charge in [-0.25, -0.2) is 0 Å². The van der Waals surface area contributed by atoms with Crippen molar-refractivity contribution in [2.75, 3.05) is 5.73 Å². The Balaban J connectivity index is 2.06. The number of amides is 1. The molecule has 0 saturated heterocycles. The number of hydrogen-bond acceptors (Lipinski definition) is 3. The first-order valence-electron chi connectivity index (χ1n) is 5.87. The molecule has 1 amide bonds. The van der Waals surface area contributed by atoms with Gasteiger partial charge in [0.25, 0.3) is 5.91 Å². The fourth-order valence-corrected chi connectivity index (χ4v) is 2.68. The molecule has 96 valence electrons. The molecule has 0 fully saturated rings. The van der Waals surface area contributed by atoms with E-state index in [-0.39, 0.29) is 5.91 Å². The van der Waals surface area contributed by atoms with Crippen LogP contribution in [0.25, 0.3) is 0 Å². The van der Waals surface area contributed by atoms with Gasteiger partial charge >= 0.3 is 0 Å². The molecule has 0 unspecified atom stereocenters. The van der Waals surface area contributed by atoms with E-state index < -0.39 is 0 Å². The highest BCUT2D eigenvalue weighted by molar-refractivity contribution is 7.08. The zero-order valence-corrected chi connectivity index (χ0v) is 11.4. The highest BCUT2D eigenvalue weighted by atomic mass is 32.1. The molecular weight excluding hydrogens is 246 g/mol. The van der Waals surface area contributed by atoms with Crippen LogP contribution in [0, 0.1) is 6.92 Å². The van der Waals surface area contributed by atoms with Crippen molar-refractivity contribution in [1.82, 2.24) is 9.88 Å². The van der Waals surface area contributed by atoms with Crippen molar-refractivity contribution < 1.29 is 4.79 Å². The second-order valence-electron chi connectivity index (χ2n) is 4.21. The van der Waals surface area contributed by atoms with E-state index in [0.29, 0.717) is 17.9 Å². The third-order valence-electron chi connectivity index (χ3n) is 2.89. The first-order chi connectivity index (χ1) is 8.61. The standard InChI is InChI=1S/C13H17N3OS/c1-3-16-6-11(14)4-12(16)13(17)15-5-10-8-18-7-9(10)2/h4,6-8H,3,5,14H2,1-2H3,(H,15,17). The number of nitrogen functional groups attached to an aromatic ring is 1. The van der Waals surface area contributed by atoms with Crippen molar-refractivity contribution in [1.29, 1.82) is 0 Å². The Morgan fingerprint density at radius 2 is 2.28 bits per heavy atom. The molecule has 0 aliphatic heterocycles. The summed E-state index contributed by atoms with van der Waals surface area (Å²) < 4.78 is 1.85. The second-order valence-corrected chi connectivity index (χ2v) is 4.95. The molecule has 0 atom stereocenters. The number of carbonyl (C=O) groups is 1. The average molecular weight is 263 g/mol. The number of anilines is 1. The molecule has 2 heterocycles. The van der Waals surface area contributed by atoms with E-state index in [1.807, 2.05) is 18.4 Å². The number of carbonyl (C=O) groups excluding carboxylic acids is 1. The molecule has 0 radical (unpaired) electrons. The van der Waals surface area contributed by atoms with E-state index in [1.165, 1.54) is 5.56 Å². The third kappa shape index (κ3) is 2.56. The summed E-state index contributed by atoms with van der Waals surface area (Å²) in [6.07, 6.45) is 1.78. The number of rotatable bonds is 4. The normalized spacial score (nSPS) is 10.6. The Kier molecular flexibility index (Phi) is 3.72. The van der Waals surface area contributed by atoms with Crippen LogP contribution in [0.15, 0.2) is 23.0 Å². The average Bonchev–Trinajstić information content (AvgIpc) is 2.92. The molecule has 0 aromatic carbocycles. The zero-order valence-electron chi connectivity index (χ0n) is 10.6. The number of aromatic nitrogens is 1. The Morgan fingerprint density at radius 3 is 2.89 bits per heavy atom. The summed E-state index contributed by atoms with van der Waals surface area (Å²) in [7, 11) is 0. The minimum atomic E-state index is -0.0841. The summed E-state index contributed by atoms with van der Waals surface area (Å²) >= 11 is 1.65.